The highest BCUT2D eigenvalue weighted by Crippen LogP contribution is 2.43. The van der Waals surface area contributed by atoms with Gasteiger partial charge in [0.15, 0.2) is 0 Å². The zero-order valence-corrected chi connectivity index (χ0v) is 11.0. The van der Waals surface area contributed by atoms with Gasteiger partial charge in [-0.1, -0.05) is 13.3 Å². The van der Waals surface area contributed by atoms with E-state index in [-0.39, 0.29) is 0 Å². The van der Waals surface area contributed by atoms with Crippen LogP contribution in [0.5, 0.6) is 0 Å². The van der Waals surface area contributed by atoms with Crippen LogP contribution in [0.3, 0.4) is 0 Å². The van der Waals surface area contributed by atoms with E-state index in [4.69, 9.17) is 5.73 Å². The summed E-state index contributed by atoms with van der Waals surface area (Å²) in [6.07, 6.45) is 8.30. The Balaban J connectivity index is 1.80. The first-order valence-electron chi connectivity index (χ1n) is 7.11. The minimum atomic E-state index is 0.528. The van der Waals surface area contributed by atoms with Gasteiger partial charge in [0.05, 0.1) is 0 Å². The summed E-state index contributed by atoms with van der Waals surface area (Å²) < 4.78 is 0. The van der Waals surface area contributed by atoms with Gasteiger partial charge in [-0.2, -0.15) is 0 Å². The molecule has 16 heavy (non-hydrogen) atoms. The zero-order chi connectivity index (χ0) is 11.6. The van der Waals surface area contributed by atoms with Gasteiger partial charge in [-0.25, -0.2) is 0 Å². The third kappa shape index (κ3) is 2.43. The van der Waals surface area contributed by atoms with Gasteiger partial charge in [-0.05, 0) is 70.0 Å². The topological polar surface area (TPSA) is 29.3 Å². The Kier molecular flexibility index (Phi) is 3.91. The van der Waals surface area contributed by atoms with Gasteiger partial charge in [0.2, 0.25) is 0 Å². The van der Waals surface area contributed by atoms with Crippen molar-refractivity contribution in [2.75, 3.05) is 19.6 Å². The van der Waals surface area contributed by atoms with Crippen LogP contribution < -0.4 is 5.73 Å². The van der Waals surface area contributed by atoms with Gasteiger partial charge < -0.3 is 10.6 Å². The molecule has 2 fully saturated rings. The maximum Gasteiger partial charge on any atom is 0.00925 e. The van der Waals surface area contributed by atoms with Gasteiger partial charge in [0.25, 0.3) is 0 Å². The predicted molar refractivity (Wildman–Crippen MR) is 69.4 cm³/mol. The maximum atomic E-state index is 5.93. The summed E-state index contributed by atoms with van der Waals surface area (Å²) in [6.45, 7) is 8.30. The molecule has 0 aromatic carbocycles. The van der Waals surface area contributed by atoms with Crippen molar-refractivity contribution in [3.05, 3.63) is 0 Å². The second-order valence-electron chi connectivity index (χ2n) is 6.20. The molecular formula is C14H28N2. The molecule has 1 heterocycles. The normalized spacial score (nSPS) is 34.7. The van der Waals surface area contributed by atoms with Gasteiger partial charge in [0, 0.05) is 6.04 Å². The van der Waals surface area contributed by atoms with Crippen LogP contribution in [0.25, 0.3) is 0 Å². The fourth-order valence-electron chi connectivity index (χ4n) is 3.35. The van der Waals surface area contributed by atoms with Crippen LogP contribution in [-0.2, 0) is 0 Å². The molecule has 94 valence electrons. The highest BCUT2D eigenvalue weighted by atomic mass is 15.2. The summed E-state index contributed by atoms with van der Waals surface area (Å²) in [5.74, 6) is 0.879. The lowest BCUT2D eigenvalue weighted by Crippen LogP contribution is -2.46. The van der Waals surface area contributed by atoms with E-state index in [1.165, 1.54) is 51.6 Å². The van der Waals surface area contributed by atoms with E-state index >= 15 is 0 Å². The number of likely N-dealkylation sites (tertiary alicyclic amines) is 1. The van der Waals surface area contributed by atoms with Crippen molar-refractivity contribution in [3.63, 3.8) is 0 Å². The second kappa shape index (κ2) is 5.05. The van der Waals surface area contributed by atoms with Gasteiger partial charge in [-0.3, -0.25) is 0 Å². The first-order chi connectivity index (χ1) is 7.67. The average Bonchev–Trinajstić information content (AvgIpc) is 2.23. The first-order valence-corrected chi connectivity index (χ1v) is 7.11. The summed E-state index contributed by atoms with van der Waals surface area (Å²) in [5, 5.41) is 0. The quantitative estimate of drug-likeness (QED) is 0.795. The maximum absolute atomic E-state index is 5.93. The molecule has 1 saturated heterocycles. The molecule has 2 heteroatoms. The van der Waals surface area contributed by atoms with Crippen LogP contribution in [0.4, 0.5) is 0 Å². The van der Waals surface area contributed by atoms with Crippen LogP contribution in [-0.4, -0.2) is 30.6 Å². The molecule has 1 aliphatic heterocycles. The Morgan fingerprint density at radius 3 is 2.56 bits per heavy atom. The van der Waals surface area contributed by atoms with Crippen molar-refractivity contribution in [2.45, 2.75) is 58.4 Å². The Labute approximate surface area is 101 Å². The minimum absolute atomic E-state index is 0.528. The van der Waals surface area contributed by atoms with Crippen LogP contribution >= 0.6 is 0 Å². The van der Waals surface area contributed by atoms with Gasteiger partial charge in [0.1, 0.15) is 0 Å². The van der Waals surface area contributed by atoms with Crippen molar-refractivity contribution in [2.24, 2.45) is 17.1 Å². The number of piperidine rings is 1. The lowest BCUT2D eigenvalue weighted by Gasteiger charge is -2.45. The molecule has 2 unspecified atom stereocenters. The standard InChI is InChI=1S/C14H28N2/c1-12-5-3-9-16(13(12)2)10-8-14(11-15)6-4-7-14/h12-13H,3-11,15H2,1-2H3. The van der Waals surface area contributed by atoms with E-state index in [1.54, 1.807) is 0 Å². The predicted octanol–water partition coefficient (Wildman–Crippen LogP) is 2.63. The highest BCUT2D eigenvalue weighted by molar-refractivity contribution is 4.90. The molecule has 2 nitrogen and oxygen atoms in total. The van der Waals surface area contributed by atoms with Crippen LogP contribution in [0.1, 0.15) is 52.4 Å². The van der Waals surface area contributed by atoms with Crippen LogP contribution in [0, 0.1) is 11.3 Å². The van der Waals surface area contributed by atoms with E-state index in [0.29, 0.717) is 5.41 Å². The second-order valence-corrected chi connectivity index (χ2v) is 6.20. The lowest BCUT2D eigenvalue weighted by atomic mass is 9.66. The molecule has 2 atom stereocenters. The fraction of sp³-hybridized carbons (Fsp3) is 1.00. The van der Waals surface area contributed by atoms with Crippen LogP contribution in [0.2, 0.25) is 0 Å². The summed E-state index contributed by atoms with van der Waals surface area (Å²) in [7, 11) is 0. The highest BCUT2D eigenvalue weighted by Gasteiger charge is 2.36. The molecule has 0 amide bonds. The van der Waals surface area contributed by atoms with E-state index in [0.717, 1.165) is 18.5 Å². The number of nitrogens with zero attached hydrogens (tertiary/aromatic N) is 1. The molecule has 2 N–H and O–H groups in total. The Bertz CT molecular complexity index is 217. The number of hydrogen-bond acceptors (Lipinski definition) is 2. The Morgan fingerprint density at radius 1 is 1.25 bits per heavy atom. The average molecular weight is 224 g/mol. The molecule has 1 saturated carbocycles. The minimum Gasteiger partial charge on any atom is -0.330 e. The van der Waals surface area contributed by atoms with Crippen molar-refractivity contribution < 1.29 is 0 Å². The fourth-order valence-corrected chi connectivity index (χ4v) is 3.35. The molecule has 1 aliphatic carbocycles. The van der Waals surface area contributed by atoms with Gasteiger partial charge in [-0.15, -0.1) is 0 Å². The van der Waals surface area contributed by atoms with E-state index < -0.39 is 0 Å². The zero-order valence-electron chi connectivity index (χ0n) is 11.0. The smallest absolute Gasteiger partial charge is 0.00925 e. The first kappa shape index (κ1) is 12.4. The molecule has 0 spiro atoms. The molecule has 0 radical (unpaired) electrons. The monoisotopic (exact) mass is 224 g/mol. The van der Waals surface area contributed by atoms with E-state index in [1.807, 2.05) is 0 Å². The van der Waals surface area contributed by atoms with Crippen molar-refractivity contribution >= 4 is 0 Å². The van der Waals surface area contributed by atoms with Crippen molar-refractivity contribution in [1.82, 2.24) is 4.90 Å². The third-order valence-corrected chi connectivity index (χ3v) is 5.28. The summed E-state index contributed by atoms with van der Waals surface area (Å²) in [4.78, 5) is 2.70. The lowest BCUT2D eigenvalue weighted by molar-refractivity contribution is 0.0639. The molecule has 0 aromatic rings. The van der Waals surface area contributed by atoms with Crippen molar-refractivity contribution in [1.29, 1.82) is 0 Å². The molecule has 0 aromatic heterocycles. The van der Waals surface area contributed by atoms with Crippen LogP contribution in [0.15, 0.2) is 0 Å². The SMILES string of the molecule is CC1CCCN(CCC2(CN)CCC2)C1C. The number of hydrogen-bond donors (Lipinski definition) is 1. The number of rotatable bonds is 4. The van der Waals surface area contributed by atoms with Gasteiger partial charge >= 0.3 is 0 Å². The third-order valence-electron chi connectivity index (χ3n) is 5.28. The molecular weight excluding hydrogens is 196 g/mol. The Hall–Kier alpha value is -0.0800. The summed E-state index contributed by atoms with van der Waals surface area (Å²) in [6, 6.07) is 0.781. The molecule has 2 rings (SSSR count). The number of nitrogens with two attached hydrogens (primary N) is 1. The summed E-state index contributed by atoms with van der Waals surface area (Å²) in [5.41, 5.74) is 6.46. The molecule has 0 bridgehead atoms. The summed E-state index contributed by atoms with van der Waals surface area (Å²) >= 11 is 0. The molecule has 2 aliphatic rings. The van der Waals surface area contributed by atoms with E-state index in [2.05, 4.69) is 18.7 Å². The Morgan fingerprint density at radius 2 is 2.00 bits per heavy atom. The van der Waals surface area contributed by atoms with E-state index in [9.17, 15) is 0 Å². The largest absolute Gasteiger partial charge is 0.330 e. The van der Waals surface area contributed by atoms with Crippen molar-refractivity contribution in [3.8, 4) is 0 Å².